The zero-order chi connectivity index (χ0) is 19.1. The van der Waals surface area contributed by atoms with Crippen LogP contribution in [0.1, 0.15) is 29.6 Å². The lowest BCUT2D eigenvalue weighted by Gasteiger charge is -2.47. The van der Waals surface area contributed by atoms with Gasteiger partial charge in [0.25, 0.3) is 5.91 Å². The molecule has 6 heteroatoms. The predicted molar refractivity (Wildman–Crippen MR) is 112 cm³/mol. The molecule has 1 aromatic heterocycles. The molecule has 5 nitrogen and oxygen atoms in total. The molecule has 28 heavy (non-hydrogen) atoms. The highest BCUT2D eigenvalue weighted by Gasteiger charge is 2.51. The second kappa shape index (κ2) is 7.39. The van der Waals surface area contributed by atoms with E-state index in [2.05, 4.69) is 10.6 Å². The molecule has 0 aliphatic carbocycles. The summed E-state index contributed by atoms with van der Waals surface area (Å²) >= 11 is 2.00. The average Bonchev–Trinajstić information content (AvgIpc) is 3.29. The van der Waals surface area contributed by atoms with Crippen LogP contribution >= 0.6 is 11.8 Å². The number of carbonyl (C=O) groups excluding carboxylic acids is 1. The lowest BCUT2D eigenvalue weighted by atomic mass is 9.92. The van der Waals surface area contributed by atoms with E-state index in [0.717, 1.165) is 74.4 Å². The second-order valence-corrected chi connectivity index (χ2v) is 10.1. The summed E-state index contributed by atoms with van der Waals surface area (Å²) in [6.45, 7) is 4.32. The van der Waals surface area contributed by atoms with Gasteiger partial charge in [0.05, 0.1) is 10.9 Å². The molecule has 3 aliphatic heterocycles. The maximum Gasteiger partial charge on any atom is 0.253 e. The topological polar surface area (TPSA) is 43.7 Å². The SMILES string of the molecule is Cn1ccc2cc(C(=O)N3CC4(C[C@H](OCC5CCOCC5)CS4)C3)ccc21. The summed E-state index contributed by atoms with van der Waals surface area (Å²) in [7, 11) is 2.03. The number of thioether (sulfide) groups is 1. The minimum atomic E-state index is 0.156. The number of aryl methyl sites for hydroxylation is 1. The van der Waals surface area contributed by atoms with Crippen molar-refractivity contribution in [1.82, 2.24) is 9.47 Å². The molecule has 4 heterocycles. The zero-order valence-corrected chi connectivity index (χ0v) is 17.2. The first-order valence-electron chi connectivity index (χ1n) is 10.3. The van der Waals surface area contributed by atoms with Gasteiger partial charge in [0.2, 0.25) is 0 Å². The number of hydrogen-bond donors (Lipinski definition) is 0. The van der Waals surface area contributed by atoms with Gasteiger partial charge in [0.15, 0.2) is 0 Å². The van der Waals surface area contributed by atoms with Crippen LogP contribution in [0.2, 0.25) is 0 Å². The molecule has 1 spiro atoms. The van der Waals surface area contributed by atoms with Gasteiger partial charge in [0, 0.05) is 68.4 Å². The number of benzene rings is 1. The normalized spacial score (nSPS) is 24.8. The number of fused-ring (bicyclic) bond motifs is 1. The molecule has 1 amide bonds. The van der Waals surface area contributed by atoms with Crippen LogP contribution in [0.25, 0.3) is 10.9 Å². The summed E-state index contributed by atoms with van der Waals surface area (Å²) in [5.41, 5.74) is 1.95. The van der Waals surface area contributed by atoms with E-state index in [1.165, 1.54) is 0 Å². The third-order valence-corrected chi connectivity index (χ3v) is 8.04. The number of ether oxygens (including phenoxy) is 2. The zero-order valence-electron chi connectivity index (χ0n) is 16.4. The van der Waals surface area contributed by atoms with Gasteiger partial charge < -0.3 is 18.9 Å². The number of aromatic nitrogens is 1. The van der Waals surface area contributed by atoms with E-state index in [1.807, 2.05) is 48.1 Å². The summed E-state index contributed by atoms with van der Waals surface area (Å²) in [5.74, 6) is 1.87. The number of carbonyl (C=O) groups is 1. The smallest absolute Gasteiger partial charge is 0.253 e. The minimum absolute atomic E-state index is 0.156. The largest absolute Gasteiger partial charge is 0.381 e. The lowest BCUT2D eigenvalue weighted by molar-refractivity contribution is -0.0118. The molecule has 3 saturated heterocycles. The van der Waals surface area contributed by atoms with Gasteiger partial charge in [-0.15, -0.1) is 11.8 Å². The van der Waals surface area contributed by atoms with Crippen LogP contribution in [0.4, 0.5) is 0 Å². The molecule has 0 unspecified atom stereocenters. The Morgan fingerprint density at radius 1 is 1.29 bits per heavy atom. The maximum atomic E-state index is 12.9. The van der Waals surface area contributed by atoms with Crippen molar-refractivity contribution in [1.29, 1.82) is 0 Å². The highest BCUT2D eigenvalue weighted by atomic mass is 32.2. The lowest BCUT2D eigenvalue weighted by Crippen LogP contribution is -2.60. The van der Waals surface area contributed by atoms with Gasteiger partial charge in [-0.2, -0.15) is 0 Å². The maximum absolute atomic E-state index is 12.9. The van der Waals surface area contributed by atoms with E-state index in [4.69, 9.17) is 9.47 Å². The molecule has 1 aromatic carbocycles. The van der Waals surface area contributed by atoms with Crippen LogP contribution in [0.3, 0.4) is 0 Å². The second-order valence-electron chi connectivity index (χ2n) is 8.57. The van der Waals surface area contributed by atoms with Gasteiger partial charge in [0.1, 0.15) is 0 Å². The van der Waals surface area contributed by atoms with Crippen molar-refractivity contribution >= 4 is 28.6 Å². The van der Waals surface area contributed by atoms with Crippen molar-refractivity contribution < 1.29 is 14.3 Å². The summed E-state index contributed by atoms with van der Waals surface area (Å²) < 4.78 is 13.9. The van der Waals surface area contributed by atoms with Crippen LogP contribution in [0.15, 0.2) is 30.5 Å². The molecule has 3 aliphatic rings. The average molecular weight is 401 g/mol. The summed E-state index contributed by atoms with van der Waals surface area (Å²) in [6.07, 6.45) is 5.69. The van der Waals surface area contributed by atoms with E-state index in [-0.39, 0.29) is 10.7 Å². The molecular weight excluding hydrogens is 372 g/mol. The van der Waals surface area contributed by atoms with Crippen LogP contribution < -0.4 is 0 Å². The number of likely N-dealkylation sites (tertiary alicyclic amines) is 1. The minimum Gasteiger partial charge on any atom is -0.381 e. The van der Waals surface area contributed by atoms with E-state index >= 15 is 0 Å². The number of nitrogens with zero attached hydrogens (tertiary/aromatic N) is 2. The third-order valence-electron chi connectivity index (χ3n) is 6.46. The highest BCUT2D eigenvalue weighted by Crippen LogP contribution is 2.46. The first-order chi connectivity index (χ1) is 13.6. The van der Waals surface area contributed by atoms with E-state index in [0.29, 0.717) is 12.0 Å². The van der Waals surface area contributed by atoms with E-state index in [9.17, 15) is 4.79 Å². The molecule has 1 atom stereocenters. The Morgan fingerprint density at radius 3 is 2.93 bits per heavy atom. The van der Waals surface area contributed by atoms with Gasteiger partial charge in [-0.1, -0.05) is 0 Å². The van der Waals surface area contributed by atoms with Crippen molar-refractivity contribution in [3.63, 3.8) is 0 Å². The van der Waals surface area contributed by atoms with Crippen LogP contribution in [-0.4, -0.2) is 64.9 Å². The van der Waals surface area contributed by atoms with Gasteiger partial charge in [-0.05, 0) is 49.4 Å². The van der Waals surface area contributed by atoms with E-state index < -0.39 is 0 Å². The Morgan fingerprint density at radius 2 is 2.11 bits per heavy atom. The molecule has 0 N–H and O–H groups in total. The molecule has 3 fully saturated rings. The molecule has 0 saturated carbocycles. The number of amides is 1. The Kier molecular flexibility index (Phi) is 4.89. The Hall–Kier alpha value is -1.50. The summed E-state index contributed by atoms with van der Waals surface area (Å²) in [6, 6.07) is 8.08. The van der Waals surface area contributed by atoms with Gasteiger partial charge in [-0.3, -0.25) is 4.79 Å². The molecule has 0 radical (unpaired) electrons. The Labute approximate surface area is 170 Å². The van der Waals surface area contributed by atoms with Crippen molar-refractivity contribution in [3.05, 3.63) is 36.0 Å². The summed E-state index contributed by atoms with van der Waals surface area (Å²) in [4.78, 5) is 14.9. The molecule has 5 rings (SSSR count). The van der Waals surface area contributed by atoms with Gasteiger partial charge >= 0.3 is 0 Å². The van der Waals surface area contributed by atoms with Crippen molar-refractivity contribution in [2.75, 3.05) is 38.7 Å². The Balaban J connectivity index is 1.14. The quantitative estimate of drug-likeness (QED) is 0.790. The fraction of sp³-hybridized carbons (Fsp3) is 0.591. The van der Waals surface area contributed by atoms with Crippen molar-refractivity contribution in [2.45, 2.75) is 30.1 Å². The molecule has 2 aromatic rings. The monoisotopic (exact) mass is 400 g/mol. The fourth-order valence-corrected chi connectivity index (χ4v) is 6.26. The predicted octanol–water partition coefficient (Wildman–Crippen LogP) is 3.32. The van der Waals surface area contributed by atoms with Crippen LogP contribution in [0.5, 0.6) is 0 Å². The number of rotatable bonds is 4. The van der Waals surface area contributed by atoms with Crippen LogP contribution in [0, 0.1) is 5.92 Å². The first-order valence-corrected chi connectivity index (χ1v) is 11.3. The third kappa shape index (κ3) is 3.46. The van der Waals surface area contributed by atoms with Crippen molar-refractivity contribution in [3.8, 4) is 0 Å². The molecular formula is C22H28N2O3S. The highest BCUT2D eigenvalue weighted by molar-refractivity contribution is 8.01. The first kappa shape index (κ1) is 18.5. The standard InChI is InChI=1S/C22H28N2O3S/c1-23-7-4-17-10-18(2-3-20(17)23)21(25)24-14-22(15-24)11-19(13-28-22)27-12-16-5-8-26-9-6-16/h2-4,7,10,16,19H,5-6,8-9,11-15H2,1H3/t19-/m0/s1. The molecule has 150 valence electrons. The number of hydrogen-bond acceptors (Lipinski definition) is 4. The molecule has 0 bridgehead atoms. The van der Waals surface area contributed by atoms with Gasteiger partial charge in [-0.25, -0.2) is 0 Å². The summed E-state index contributed by atoms with van der Waals surface area (Å²) in [5, 5.41) is 1.13. The van der Waals surface area contributed by atoms with Crippen LogP contribution in [-0.2, 0) is 16.5 Å². The van der Waals surface area contributed by atoms with E-state index in [1.54, 1.807) is 0 Å². The fourth-order valence-electron chi connectivity index (χ4n) is 4.71. The van der Waals surface area contributed by atoms with Crippen molar-refractivity contribution in [2.24, 2.45) is 13.0 Å². The Bertz CT molecular complexity index is 868.